The maximum Gasteiger partial charge on any atom is 0.0739 e. The molecule has 0 amide bonds. The van der Waals surface area contributed by atoms with Crippen LogP contribution in [0.1, 0.15) is 11.4 Å². The molecule has 92 valence electrons. The Hall–Kier alpha value is -0.100. The van der Waals surface area contributed by atoms with Crippen LogP contribution in [0.25, 0.3) is 0 Å². The normalized spacial score (nSPS) is 13.1. The molecule has 0 saturated carbocycles. The van der Waals surface area contributed by atoms with Crippen LogP contribution in [0, 0.1) is 6.92 Å². The lowest BCUT2D eigenvalue weighted by Gasteiger charge is -2.10. The van der Waals surface area contributed by atoms with E-state index in [1.165, 1.54) is 0 Å². The molecule has 0 saturated heterocycles. The fourth-order valence-electron chi connectivity index (χ4n) is 1.46. The summed E-state index contributed by atoms with van der Waals surface area (Å²) < 4.78 is 7.88. The Morgan fingerprint density at radius 3 is 2.81 bits per heavy atom. The molecule has 16 heavy (non-hydrogen) atoms. The highest BCUT2D eigenvalue weighted by molar-refractivity contribution is 9.10. The first-order valence-corrected chi connectivity index (χ1v) is 6.31. The summed E-state index contributed by atoms with van der Waals surface area (Å²) in [5, 5.41) is 7.59. The maximum atomic E-state index is 6.01. The minimum atomic E-state index is -0.00176. The summed E-state index contributed by atoms with van der Waals surface area (Å²) in [5.74, 6) is 0. The first-order chi connectivity index (χ1) is 7.56. The Morgan fingerprint density at radius 2 is 2.31 bits per heavy atom. The molecular formula is C10H17BrClN3O. The van der Waals surface area contributed by atoms with Gasteiger partial charge in [0.2, 0.25) is 0 Å². The number of aromatic nitrogens is 2. The summed E-state index contributed by atoms with van der Waals surface area (Å²) in [6, 6.07) is 0. The van der Waals surface area contributed by atoms with Gasteiger partial charge in [0.25, 0.3) is 0 Å². The molecule has 0 aromatic carbocycles. The Balaban J connectivity index is 2.43. The van der Waals surface area contributed by atoms with E-state index in [4.69, 9.17) is 16.3 Å². The molecule has 4 nitrogen and oxygen atoms in total. The molecule has 1 aromatic heterocycles. The van der Waals surface area contributed by atoms with Crippen molar-refractivity contribution in [3.63, 3.8) is 0 Å². The van der Waals surface area contributed by atoms with E-state index in [9.17, 15) is 0 Å². The van der Waals surface area contributed by atoms with Crippen molar-refractivity contribution < 1.29 is 4.74 Å². The van der Waals surface area contributed by atoms with Gasteiger partial charge in [-0.05, 0) is 22.9 Å². The summed E-state index contributed by atoms with van der Waals surface area (Å²) in [6.07, 6.45) is 0. The fourth-order valence-corrected chi connectivity index (χ4v) is 2.17. The van der Waals surface area contributed by atoms with Crippen molar-refractivity contribution in [1.82, 2.24) is 15.1 Å². The number of ether oxygens (including phenoxy) is 1. The van der Waals surface area contributed by atoms with E-state index in [1.807, 2.05) is 18.7 Å². The molecule has 1 atom stereocenters. The quantitative estimate of drug-likeness (QED) is 0.815. The SMILES string of the molecule is COCC(Cl)CNCc1c(Br)c(C)nn1C. The Labute approximate surface area is 109 Å². The number of hydrogen-bond donors (Lipinski definition) is 1. The van der Waals surface area contributed by atoms with Crippen LogP contribution < -0.4 is 5.32 Å². The molecule has 6 heteroatoms. The van der Waals surface area contributed by atoms with E-state index in [-0.39, 0.29) is 5.38 Å². The van der Waals surface area contributed by atoms with Crippen molar-refractivity contribution in [2.75, 3.05) is 20.3 Å². The number of alkyl halides is 1. The third-order valence-electron chi connectivity index (χ3n) is 2.27. The predicted molar refractivity (Wildman–Crippen MR) is 68.9 cm³/mol. The van der Waals surface area contributed by atoms with Crippen molar-refractivity contribution in [2.45, 2.75) is 18.8 Å². The second-order valence-electron chi connectivity index (χ2n) is 3.65. The molecule has 0 bridgehead atoms. The molecule has 0 spiro atoms. The number of hydrogen-bond acceptors (Lipinski definition) is 3. The molecule has 0 aliphatic carbocycles. The van der Waals surface area contributed by atoms with E-state index < -0.39 is 0 Å². The van der Waals surface area contributed by atoms with Crippen LogP contribution in [0.4, 0.5) is 0 Å². The third-order valence-corrected chi connectivity index (χ3v) is 3.58. The smallest absolute Gasteiger partial charge is 0.0739 e. The van der Waals surface area contributed by atoms with E-state index in [0.717, 1.165) is 22.4 Å². The monoisotopic (exact) mass is 309 g/mol. The zero-order chi connectivity index (χ0) is 12.1. The fraction of sp³-hybridized carbons (Fsp3) is 0.700. The molecule has 1 N–H and O–H groups in total. The molecule has 0 aliphatic rings. The molecule has 0 fully saturated rings. The molecule has 1 heterocycles. The van der Waals surface area contributed by atoms with Crippen molar-refractivity contribution >= 4 is 27.5 Å². The largest absolute Gasteiger partial charge is 0.383 e. The van der Waals surface area contributed by atoms with Gasteiger partial charge in [-0.15, -0.1) is 11.6 Å². The first kappa shape index (κ1) is 14.0. The lowest BCUT2D eigenvalue weighted by molar-refractivity contribution is 0.196. The summed E-state index contributed by atoms with van der Waals surface area (Å²) in [5.41, 5.74) is 2.12. The van der Waals surface area contributed by atoms with Gasteiger partial charge in [-0.2, -0.15) is 5.10 Å². The summed E-state index contributed by atoms with van der Waals surface area (Å²) in [4.78, 5) is 0. The van der Waals surface area contributed by atoms with Crippen LogP contribution >= 0.6 is 27.5 Å². The molecule has 1 unspecified atom stereocenters. The molecular weight excluding hydrogens is 293 g/mol. The minimum absolute atomic E-state index is 0.00176. The maximum absolute atomic E-state index is 6.01. The lowest BCUT2D eigenvalue weighted by atomic mass is 10.3. The first-order valence-electron chi connectivity index (χ1n) is 5.08. The van der Waals surface area contributed by atoms with Crippen LogP contribution in [0.5, 0.6) is 0 Å². The van der Waals surface area contributed by atoms with Gasteiger partial charge in [-0.1, -0.05) is 0 Å². The van der Waals surface area contributed by atoms with E-state index in [1.54, 1.807) is 7.11 Å². The number of rotatable bonds is 6. The van der Waals surface area contributed by atoms with Gasteiger partial charge in [0, 0.05) is 27.2 Å². The predicted octanol–water partition coefficient (Wildman–Crippen LogP) is 1.83. The minimum Gasteiger partial charge on any atom is -0.383 e. The summed E-state index contributed by atoms with van der Waals surface area (Å²) in [7, 11) is 3.58. The average Bonchev–Trinajstić information content (AvgIpc) is 2.45. The lowest BCUT2D eigenvalue weighted by Crippen LogP contribution is -2.26. The summed E-state index contributed by atoms with van der Waals surface area (Å²) >= 11 is 9.53. The number of methoxy groups -OCH3 is 1. The van der Waals surface area contributed by atoms with Gasteiger partial charge in [-0.25, -0.2) is 0 Å². The van der Waals surface area contributed by atoms with Gasteiger partial charge < -0.3 is 10.1 Å². The number of nitrogens with one attached hydrogen (secondary N) is 1. The van der Waals surface area contributed by atoms with Gasteiger partial charge in [-0.3, -0.25) is 4.68 Å². The molecule has 1 aromatic rings. The van der Waals surface area contributed by atoms with Crippen molar-refractivity contribution in [1.29, 1.82) is 0 Å². The summed E-state index contributed by atoms with van der Waals surface area (Å²) in [6.45, 7) is 3.99. The highest BCUT2D eigenvalue weighted by Crippen LogP contribution is 2.19. The third kappa shape index (κ3) is 3.73. The second kappa shape index (κ2) is 6.59. The number of nitrogens with zero attached hydrogens (tertiary/aromatic N) is 2. The Bertz CT molecular complexity index is 343. The van der Waals surface area contributed by atoms with Crippen LogP contribution in [0.2, 0.25) is 0 Å². The van der Waals surface area contributed by atoms with Crippen molar-refractivity contribution in [2.24, 2.45) is 7.05 Å². The van der Waals surface area contributed by atoms with E-state index in [2.05, 4.69) is 26.3 Å². The highest BCUT2D eigenvalue weighted by Gasteiger charge is 2.10. The molecule has 0 radical (unpaired) electrons. The van der Waals surface area contributed by atoms with Crippen LogP contribution in [-0.2, 0) is 18.3 Å². The van der Waals surface area contributed by atoms with E-state index >= 15 is 0 Å². The van der Waals surface area contributed by atoms with Crippen LogP contribution in [0.15, 0.2) is 4.47 Å². The zero-order valence-electron chi connectivity index (χ0n) is 9.76. The Kier molecular flexibility index (Phi) is 5.75. The highest BCUT2D eigenvalue weighted by atomic mass is 79.9. The van der Waals surface area contributed by atoms with Crippen molar-refractivity contribution in [3.05, 3.63) is 15.9 Å². The topological polar surface area (TPSA) is 39.1 Å². The van der Waals surface area contributed by atoms with Crippen LogP contribution in [0.3, 0.4) is 0 Å². The Morgan fingerprint density at radius 1 is 1.62 bits per heavy atom. The van der Waals surface area contributed by atoms with Crippen LogP contribution in [-0.4, -0.2) is 35.4 Å². The molecule has 0 aliphatic heterocycles. The van der Waals surface area contributed by atoms with Gasteiger partial charge in [0.1, 0.15) is 0 Å². The van der Waals surface area contributed by atoms with Gasteiger partial charge in [0.15, 0.2) is 0 Å². The van der Waals surface area contributed by atoms with E-state index in [0.29, 0.717) is 13.2 Å². The second-order valence-corrected chi connectivity index (χ2v) is 5.06. The van der Waals surface area contributed by atoms with Gasteiger partial charge in [0.05, 0.1) is 27.8 Å². The number of aryl methyl sites for hydroxylation is 2. The standard InChI is InChI=1S/C10H17BrClN3O/c1-7-10(11)9(15(2)14-7)5-13-4-8(12)6-16-3/h8,13H,4-6H2,1-3H3. The van der Waals surface area contributed by atoms with Crippen molar-refractivity contribution in [3.8, 4) is 0 Å². The number of halogens is 2. The molecule has 1 rings (SSSR count). The van der Waals surface area contributed by atoms with Gasteiger partial charge >= 0.3 is 0 Å². The average molecular weight is 311 g/mol. The zero-order valence-corrected chi connectivity index (χ0v) is 12.1.